The lowest BCUT2D eigenvalue weighted by atomic mass is 10.2. The molecule has 1 unspecified atom stereocenters. The molecular formula is C18H23ClN4O3. The Morgan fingerprint density at radius 1 is 1.15 bits per heavy atom. The summed E-state index contributed by atoms with van der Waals surface area (Å²) >= 11 is 6.16. The summed E-state index contributed by atoms with van der Waals surface area (Å²) in [6, 6.07) is 5.33. The third-order valence-electron chi connectivity index (χ3n) is 4.11. The van der Waals surface area contributed by atoms with Gasteiger partial charge < -0.3 is 24.8 Å². The highest BCUT2D eigenvalue weighted by Gasteiger charge is 2.16. The molecule has 0 spiro atoms. The molecular weight excluding hydrogens is 356 g/mol. The van der Waals surface area contributed by atoms with E-state index in [-0.39, 0.29) is 6.10 Å². The van der Waals surface area contributed by atoms with E-state index in [0.29, 0.717) is 33.9 Å². The van der Waals surface area contributed by atoms with E-state index in [0.717, 1.165) is 31.8 Å². The molecule has 1 fully saturated rings. The van der Waals surface area contributed by atoms with Crippen molar-refractivity contribution in [3.63, 3.8) is 0 Å². The maximum absolute atomic E-state index is 6.16. The number of halogens is 1. The Balaban J connectivity index is 1.78. The van der Waals surface area contributed by atoms with Gasteiger partial charge in [-0.25, -0.2) is 9.97 Å². The van der Waals surface area contributed by atoms with Crippen LogP contribution in [0.5, 0.6) is 11.5 Å². The van der Waals surface area contributed by atoms with Crippen molar-refractivity contribution >= 4 is 28.9 Å². The molecule has 1 aliphatic heterocycles. The van der Waals surface area contributed by atoms with E-state index in [1.54, 1.807) is 26.4 Å². The molecule has 2 heterocycles. The molecule has 8 heteroatoms. The van der Waals surface area contributed by atoms with Crippen molar-refractivity contribution in [1.29, 1.82) is 0 Å². The Kier molecular flexibility index (Phi) is 6.00. The number of rotatable bonds is 7. The Labute approximate surface area is 158 Å². The van der Waals surface area contributed by atoms with Crippen LogP contribution in [0.4, 0.5) is 17.3 Å². The van der Waals surface area contributed by atoms with Crippen LogP contribution in [0.15, 0.2) is 18.2 Å². The average Bonchev–Trinajstić information content (AvgIpc) is 3.14. The van der Waals surface area contributed by atoms with Crippen LogP contribution in [0.25, 0.3) is 0 Å². The van der Waals surface area contributed by atoms with Gasteiger partial charge in [0.05, 0.1) is 31.0 Å². The summed E-state index contributed by atoms with van der Waals surface area (Å²) in [7, 11) is 3.16. The summed E-state index contributed by atoms with van der Waals surface area (Å²) in [6.45, 7) is 3.41. The average molecular weight is 379 g/mol. The number of hydrogen-bond acceptors (Lipinski definition) is 7. The molecule has 1 aliphatic rings. The van der Waals surface area contributed by atoms with Crippen LogP contribution in [-0.4, -0.2) is 43.4 Å². The number of aryl methyl sites for hydroxylation is 1. The minimum Gasteiger partial charge on any atom is -0.495 e. The van der Waals surface area contributed by atoms with Crippen molar-refractivity contribution in [3.05, 3.63) is 29.0 Å². The lowest BCUT2D eigenvalue weighted by Gasteiger charge is -2.15. The number of anilines is 3. The first-order chi connectivity index (χ1) is 12.6. The minimum atomic E-state index is 0.238. The standard InChI is InChI=1S/C18H23ClN4O3/c1-11-21-17(20-10-12-5-4-6-26-12)9-18(22-11)23-14-8-15(24-2)13(19)7-16(14)25-3/h7-9,12H,4-6,10H2,1-3H3,(H2,20,21,22,23). The van der Waals surface area contributed by atoms with E-state index >= 15 is 0 Å². The molecule has 2 aromatic rings. The first-order valence-electron chi connectivity index (χ1n) is 8.48. The molecule has 0 amide bonds. The van der Waals surface area contributed by atoms with Gasteiger partial charge in [-0.2, -0.15) is 0 Å². The number of ether oxygens (including phenoxy) is 3. The van der Waals surface area contributed by atoms with Gasteiger partial charge in [-0.1, -0.05) is 11.6 Å². The van der Waals surface area contributed by atoms with Crippen LogP contribution in [0.2, 0.25) is 5.02 Å². The fourth-order valence-corrected chi connectivity index (χ4v) is 3.07. The van der Waals surface area contributed by atoms with Crippen LogP contribution >= 0.6 is 11.6 Å². The van der Waals surface area contributed by atoms with Crippen LogP contribution in [0.3, 0.4) is 0 Å². The maximum atomic E-state index is 6.16. The van der Waals surface area contributed by atoms with Crippen LogP contribution in [0.1, 0.15) is 18.7 Å². The summed E-state index contributed by atoms with van der Waals surface area (Å²) in [6.07, 6.45) is 2.42. The topological polar surface area (TPSA) is 77.5 Å². The molecule has 0 aliphatic carbocycles. The Morgan fingerprint density at radius 3 is 2.62 bits per heavy atom. The number of nitrogens with one attached hydrogen (secondary N) is 2. The molecule has 140 valence electrons. The highest BCUT2D eigenvalue weighted by molar-refractivity contribution is 6.32. The molecule has 0 radical (unpaired) electrons. The van der Waals surface area contributed by atoms with E-state index in [1.165, 1.54) is 0 Å². The van der Waals surface area contributed by atoms with Crippen molar-refractivity contribution in [2.45, 2.75) is 25.9 Å². The minimum absolute atomic E-state index is 0.238. The Bertz CT molecular complexity index is 766. The van der Waals surface area contributed by atoms with Gasteiger partial charge in [0.1, 0.15) is 29.0 Å². The van der Waals surface area contributed by atoms with Gasteiger partial charge in [0.15, 0.2) is 0 Å². The van der Waals surface area contributed by atoms with E-state index in [9.17, 15) is 0 Å². The molecule has 26 heavy (non-hydrogen) atoms. The largest absolute Gasteiger partial charge is 0.495 e. The fraction of sp³-hybridized carbons (Fsp3) is 0.444. The molecule has 2 N–H and O–H groups in total. The van der Waals surface area contributed by atoms with Crippen molar-refractivity contribution in [1.82, 2.24) is 9.97 Å². The van der Waals surface area contributed by atoms with Gasteiger partial charge in [0, 0.05) is 31.4 Å². The summed E-state index contributed by atoms with van der Waals surface area (Å²) < 4.78 is 16.3. The summed E-state index contributed by atoms with van der Waals surface area (Å²) in [5.41, 5.74) is 0.705. The van der Waals surface area contributed by atoms with Gasteiger partial charge in [-0.3, -0.25) is 0 Å². The number of hydrogen-bond donors (Lipinski definition) is 2. The van der Waals surface area contributed by atoms with Crippen molar-refractivity contribution in [3.8, 4) is 11.5 Å². The van der Waals surface area contributed by atoms with Crippen LogP contribution in [-0.2, 0) is 4.74 Å². The van der Waals surface area contributed by atoms with Gasteiger partial charge in [-0.05, 0) is 19.8 Å². The third kappa shape index (κ3) is 4.47. The molecule has 1 aromatic carbocycles. The molecule has 0 bridgehead atoms. The summed E-state index contributed by atoms with van der Waals surface area (Å²) in [5, 5.41) is 7.05. The molecule has 7 nitrogen and oxygen atoms in total. The van der Waals surface area contributed by atoms with Gasteiger partial charge in [0.25, 0.3) is 0 Å². The van der Waals surface area contributed by atoms with E-state index < -0.39 is 0 Å². The smallest absolute Gasteiger partial charge is 0.144 e. The predicted molar refractivity (Wildman–Crippen MR) is 102 cm³/mol. The number of benzene rings is 1. The van der Waals surface area contributed by atoms with E-state index in [2.05, 4.69) is 20.6 Å². The first kappa shape index (κ1) is 18.5. The lowest BCUT2D eigenvalue weighted by Crippen LogP contribution is -2.19. The normalized spacial score (nSPS) is 16.4. The van der Waals surface area contributed by atoms with Gasteiger partial charge in [-0.15, -0.1) is 0 Å². The quantitative estimate of drug-likeness (QED) is 0.758. The zero-order chi connectivity index (χ0) is 18.5. The van der Waals surface area contributed by atoms with Crippen LogP contribution < -0.4 is 20.1 Å². The zero-order valence-corrected chi connectivity index (χ0v) is 15.9. The molecule has 1 aromatic heterocycles. The van der Waals surface area contributed by atoms with Crippen molar-refractivity contribution < 1.29 is 14.2 Å². The second kappa shape index (κ2) is 8.42. The monoisotopic (exact) mass is 378 g/mol. The molecule has 0 saturated carbocycles. The van der Waals surface area contributed by atoms with Gasteiger partial charge >= 0.3 is 0 Å². The highest BCUT2D eigenvalue weighted by Crippen LogP contribution is 2.37. The van der Waals surface area contributed by atoms with Crippen molar-refractivity contribution in [2.24, 2.45) is 0 Å². The SMILES string of the molecule is COc1cc(Nc2cc(NCC3CCCO3)nc(C)n2)c(OC)cc1Cl. The highest BCUT2D eigenvalue weighted by atomic mass is 35.5. The predicted octanol–water partition coefficient (Wildman–Crippen LogP) is 3.79. The van der Waals surface area contributed by atoms with Crippen LogP contribution in [0, 0.1) is 6.92 Å². The van der Waals surface area contributed by atoms with E-state index in [1.807, 2.05) is 13.0 Å². The Hall–Kier alpha value is -2.25. The zero-order valence-electron chi connectivity index (χ0n) is 15.1. The van der Waals surface area contributed by atoms with E-state index in [4.69, 9.17) is 25.8 Å². The second-order valence-corrected chi connectivity index (χ2v) is 6.42. The van der Waals surface area contributed by atoms with Gasteiger partial charge in [0.2, 0.25) is 0 Å². The number of nitrogens with zero attached hydrogens (tertiary/aromatic N) is 2. The fourth-order valence-electron chi connectivity index (χ4n) is 2.84. The first-order valence-corrected chi connectivity index (χ1v) is 8.86. The summed E-state index contributed by atoms with van der Waals surface area (Å²) in [5.74, 6) is 3.20. The lowest BCUT2D eigenvalue weighted by molar-refractivity contribution is 0.120. The molecule has 1 saturated heterocycles. The number of methoxy groups -OCH3 is 2. The maximum Gasteiger partial charge on any atom is 0.144 e. The summed E-state index contributed by atoms with van der Waals surface area (Å²) in [4.78, 5) is 8.87. The third-order valence-corrected chi connectivity index (χ3v) is 4.40. The molecule has 1 atom stereocenters. The molecule has 3 rings (SSSR count). The Morgan fingerprint density at radius 2 is 1.92 bits per heavy atom. The second-order valence-electron chi connectivity index (χ2n) is 6.01. The van der Waals surface area contributed by atoms with Crippen molar-refractivity contribution in [2.75, 3.05) is 38.0 Å². The number of aromatic nitrogens is 2.